The van der Waals surface area contributed by atoms with Crippen LogP contribution < -0.4 is 14.8 Å². The molecule has 0 atom stereocenters. The summed E-state index contributed by atoms with van der Waals surface area (Å²) in [4.78, 5) is 12.6. The van der Waals surface area contributed by atoms with Crippen molar-refractivity contribution in [3.05, 3.63) is 89.7 Å². The predicted molar refractivity (Wildman–Crippen MR) is 109 cm³/mol. The van der Waals surface area contributed by atoms with Gasteiger partial charge in [-0.2, -0.15) is 0 Å². The van der Waals surface area contributed by atoms with Crippen LogP contribution in [-0.2, 0) is 11.3 Å². The zero-order valence-corrected chi connectivity index (χ0v) is 16.1. The molecule has 0 heterocycles. The number of nitrogens with one attached hydrogen (secondary N) is 1. The summed E-state index contributed by atoms with van der Waals surface area (Å²) in [6, 6.07) is 20.5. The fourth-order valence-electron chi connectivity index (χ4n) is 2.59. The van der Waals surface area contributed by atoms with E-state index >= 15 is 0 Å². The van der Waals surface area contributed by atoms with Crippen LogP contribution in [0.4, 0.5) is 10.1 Å². The smallest absolute Gasteiger partial charge is 0.255 e. The maximum atomic E-state index is 13.6. The lowest BCUT2D eigenvalue weighted by molar-refractivity contribution is 0.102. The van der Waals surface area contributed by atoms with Gasteiger partial charge < -0.3 is 19.5 Å². The lowest BCUT2D eigenvalue weighted by Gasteiger charge is -2.13. The van der Waals surface area contributed by atoms with Crippen molar-refractivity contribution < 1.29 is 23.4 Å². The van der Waals surface area contributed by atoms with Gasteiger partial charge in [-0.25, -0.2) is 4.39 Å². The summed E-state index contributed by atoms with van der Waals surface area (Å²) < 4.78 is 29.8. The van der Waals surface area contributed by atoms with Gasteiger partial charge in [0.05, 0.1) is 12.3 Å². The van der Waals surface area contributed by atoms with Gasteiger partial charge in [0.25, 0.3) is 5.91 Å². The number of amides is 1. The van der Waals surface area contributed by atoms with Crippen molar-refractivity contribution in [3.63, 3.8) is 0 Å². The highest BCUT2D eigenvalue weighted by molar-refractivity contribution is 6.05. The number of carbonyl (C=O) groups is 1. The van der Waals surface area contributed by atoms with Crippen molar-refractivity contribution >= 4 is 11.6 Å². The molecule has 5 nitrogen and oxygen atoms in total. The van der Waals surface area contributed by atoms with E-state index in [4.69, 9.17) is 14.2 Å². The average molecular weight is 395 g/mol. The van der Waals surface area contributed by atoms with Gasteiger partial charge in [-0.1, -0.05) is 30.3 Å². The molecule has 0 spiro atoms. The summed E-state index contributed by atoms with van der Waals surface area (Å²) >= 11 is 0. The Morgan fingerprint density at radius 1 is 0.931 bits per heavy atom. The molecule has 0 aliphatic heterocycles. The Morgan fingerprint density at radius 2 is 1.69 bits per heavy atom. The Labute approximate surface area is 169 Å². The molecule has 3 aromatic rings. The van der Waals surface area contributed by atoms with E-state index in [0.717, 1.165) is 11.3 Å². The quantitative estimate of drug-likeness (QED) is 0.535. The number of hydrogen-bond donors (Lipinski definition) is 1. The van der Waals surface area contributed by atoms with Crippen LogP contribution >= 0.6 is 0 Å². The first-order valence-electron chi connectivity index (χ1n) is 9.15. The topological polar surface area (TPSA) is 56.8 Å². The number of hydrogen-bond acceptors (Lipinski definition) is 4. The van der Waals surface area contributed by atoms with Crippen molar-refractivity contribution in [2.75, 3.05) is 25.6 Å². The molecule has 0 aliphatic carbocycles. The minimum absolute atomic E-state index is 0.266. The maximum absolute atomic E-state index is 13.6. The fraction of sp³-hybridized carbons (Fsp3) is 0.174. The lowest BCUT2D eigenvalue weighted by atomic mass is 10.1. The number of rotatable bonds is 9. The number of methoxy groups -OCH3 is 1. The zero-order valence-electron chi connectivity index (χ0n) is 16.1. The van der Waals surface area contributed by atoms with E-state index in [9.17, 15) is 9.18 Å². The molecule has 1 amide bonds. The number of para-hydroxylation sites is 1. The molecular weight excluding hydrogens is 373 g/mol. The molecule has 3 aromatic carbocycles. The Hall–Kier alpha value is -3.38. The summed E-state index contributed by atoms with van der Waals surface area (Å²) in [5.74, 6) is 0.335. The van der Waals surface area contributed by atoms with Crippen LogP contribution in [0.1, 0.15) is 15.9 Å². The monoisotopic (exact) mass is 395 g/mol. The molecule has 6 heteroatoms. The molecule has 3 rings (SSSR count). The molecule has 150 valence electrons. The summed E-state index contributed by atoms with van der Waals surface area (Å²) in [6.07, 6.45) is 0. The first-order valence-corrected chi connectivity index (χ1v) is 9.15. The van der Waals surface area contributed by atoms with E-state index < -0.39 is 5.82 Å². The number of anilines is 1. The second-order valence-electron chi connectivity index (χ2n) is 6.23. The van der Waals surface area contributed by atoms with Gasteiger partial charge in [-0.15, -0.1) is 0 Å². The summed E-state index contributed by atoms with van der Waals surface area (Å²) in [7, 11) is 1.56. The third kappa shape index (κ3) is 6.05. The van der Waals surface area contributed by atoms with E-state index in [1.165, 1.54) is 18.2 Å². The van der Waals surface area contributed by atoms with E-state index in [0.29, 0.717) is 31.1 Å². The third-order valence-corrected chi connectivity index (χ3v) is 4.10. The van der Waals surface area contributed by atoms with E-state index in [-0.39, 0.29) is 11.6 Å². The van der Waals surface area contributed by atoms with Crippen molar-refractivity contribution in [1.29, 1.82) is 0 Å². The van der Waals surface area contributed by atoms with Crippen molar-refractivity contribution in [3.8, 4) is 11.5 Å². The van der Waals surface area contributed by atoms with Gasteiger partial charge in [0.15, 0.2) is 0 Å². The molecule has 0 unspecified atom stereocenters. The molecule has 0 aromatic heterocycles. The van der Waals surface area contributed by atoms with Crippen LogP contribution in [0.25, 0.3) is 0 Å². The molecule has 0 aliphatic rings. The highest BCUT2D eigenvalue weighted by Gasteiger charge is 2.12. The first-order chi connectivity index (χ1) is 14.2. The van der Waals surface area contributed by atoms with E-state index in [1.54, 1.807) is 19.2 Å². The Kier molecular flexibility index (Phi) is 7.19. The standard InChI is InChI=1S/C23H22FNO4/c1-27-13-14-28-22-12-11-19(24)15-21(22)25-23(26)18-9-7-17(8-10-18)16-29-20-5-3-2-4-6-20/h2-12,15H,13-14,16H2,1H3,(H,25,26). The van der Waals surface area contributed by atoms with Crippen molar-refractivity contribution in [2.45, 2.75) is 6.61 Å². The number of ether oxygens (including phenoxy) is 3. The largest absolute Gasteiger partial charge is 0.489 e. The molecule has 0 fully saturated rings. The van der Waals surface area contributed by atoms with Crippen LogP contribution in [0.2, 0.25) is 0 Å². The van der Waals surface area contributed by atoms with Gasteiger partial charge in [0, 0.05) is 18.7 Å². The first kappa shape index (κ1) is 20.4. The van der Waals surface area contributed by atoms with Crippen LogP contribution in [-0.4, -0.2) is 26.2 Å². The second kappa shape index (κ2) is 10.2. The van der Waals surface area contributed by atoms with Crippen LogP contribution in [0.15, 0.2) is 72.8 Å². The van der Waals surface area contributed by atoms with Gasteiger partial charge in [0.2, 0.25) is 0 Å². The highest BCUT2D eigenvalue weighted by atomic mass is 19.1. The molecular formula is C23H22FNO4. The summed E-state index contributed by atoms with van der Waals surface area (Å²) in [5.41, 5.74) is 1.64. The second-order valence-corrected chi connectivity index (χ2v) is 6.23. The summed E-state index contributed by atoms with van der Waals surface area (Å²) in [6.45, 7) is 1.08. The molecule has 0 radical (unpaired) electrons. The Morgan fingerprint density at radius 3 is 2.41 bits per heavy atom. The van der Waals surface area contributed by atoms with Crippen LogP contribution in [0.5, 0.6) is 11.5 Å². The maximum Gasteiger partial charge on any atom is 0.255 e. The SMILES string of the molecule is COCCOc1ccc(F)cc1NC(=O)c1ccc(COc2ccccc2)cc1. The Bertz CT molecular complexity index is 929. The molecule has 0 saturated heterocycles. The number of benzene rings is 3. The molecule has 0 bridgehead atoms. The zero-order chi connectivity index (χ0) is 20.5. The number of carbonyl (C=O) groups excluding carboxylic acids is 1. The van der Waals surface area contributed by atoms with Gasteiger partial charge in [-0.05, 0) is 42.0 Å². The average Bonchev–Trinajstić information content (AvgIpc) is 2.75. The highest BCUT2D eigenvalue weighted by Crippen LogP contribution is 2.26. The minimum Gasteiger partial charge on any atom is -0.489 e. The molecule has 0 saturated carbocycles. The minimum atomic E-state index is -0.465. The number of halogens is 1. The predicted octanol–water partition coefficient (Wildman–Crippen LogP) is 4.68. The van der Waals surface area contributed by atoms with Crippen LogP contribution in [0, 0.1) is 5.82 Å². The molecule has 1 N–H and O–H groups in total. The van der Waals surface area contributed by atoms with Crippen LogP contribution in [0.3, 0.4) is 0 Å². The van der Waals surface area contributed by atoms with Gasteiger partial charge in [0.1, 0.15) is 30.5 Å². The normalized spacial score (nSPS) is 10.4. The van der Waals surface area contributed by atoms with Crippen molar-refractivity contribution in [1.82, 2.24) is 0 Å². The van der Waals surface area contributed by atoms with E-state index in [1.807, 2.05) is 42.5 Å². The summed E-state index contributed by atoms with van der Waals surface area (Å²) in [5, 5.41) is 2.70. The van der Waals surface area contributed by atoms with Gasteiger partial charge in [-0.3, -0.25) is 4.79 Å². The third-order valence-electron chi connectivity index (χ3n) is 4.10. The van der Waals surface area contributed by atoms with Crippen molar-refractivity contribution in [2.24, 2.45) is 0 Å². The Balaban J connectivity index is 1.62. The van der Waals surface area contributed by atoms with Gasteiger partial charge >= 0.3 is 0 Å². The van der Waals surface area contributed by atoms with E-state index in [2.05, 4.69) is 5.32 Å². The molecule has 29 heavy (non-hydrogen) atoms. The fourth-order valence-corrected chi connectivity index (χ4v) is 2.59. The lowest BCUT2D eigenvalue weighted by Crippen LogP contribution is -2.14.